The van der Waals surface area contributed by atoms with Crippen molar-refractivity contribution in [1.29, 1.82) is 0 Å². The maximum absolute atomic E-state index is 6.02. The summed E-state index contributed by atoms with van der Waals surface area (Å²) in [6.45, 7) is 0. The lowest BCUT2D eigenvalue weighted by molar-refractivity contribution is 0.532. The fourth-order valence-electron chi connectivity index (χ4n) is 1.66. The van der Waals surface area contributed by atoms with Gasteiger partial charge in [0.2, 0.25) is 0 Å². The van der Waals surface area contributed by atoms with Crippen LogP contribution in [0.3, 0.4) is 0 Å². The number of benzene rings is 1. The van der Waals surface area contributed by atoms with Gasteiger partial charge in [0.25, 0.3) is 0 Å². The monoisotopic (exact) mass is 299 g/mol. The first kappa shape index (κ1) is 13.6. The highest BCUT2D eigenvalue weighted by Crippen LogP contribution is 2.26. The highest BCUT2D eigenvalue weighted by molar-refractivity contribution is 9.10. The van der Waals surface area contributed by atoms with E-state index in [4.69, 9.17) is 18.0 Å². The molecule has 3 heteroatoms. The van der Waals surface area contributed by atoms with E-state index in [2.05, 4.69) is 33.2 Å². The van der Waals surface area contributed by atoms with Crippen LogP contribution in [0.25, 0.3) is 0 Å². The molecule has 1 nitrogen and oxygen atoms in total. The quantitative estimate of drug-likeness (QED) is 0.636. The summed E-state index contributed by atoms with van der Waals surface area (Å²) >= 11 is 9.47. The molecular formula is C13H15BrClN. The lowest BCUT2D eigenvalue weighted by atomic mass is 10.0. The van der Waals surface area contributed by atoms with E-state index in [9.17, 15) is 0 Å². The minimum absolute atomic E-state index is 0.309. The van der Waals surface area contributed by atoms with Gasteiger partial charge in [0.05, 0.1) is 0 Å². The predicted octanol–water partition coefficient (Wildman–Crippen LogP) is 4.17. The Labute approximate surface area is 111 Å². The van der Waals surface area contributed by atoms with Gasteiger partial charge in [0, 0.05) is 22.0 Å². The van der Waals surface area contributed by atoms with Gasteiger partial charge in [0.1, 0.15) is 0 Å². The van der Waals surface area contributed by atoms with Crippen LogP contribution in [0.1, 0.15) is 30.9 Å². The zero-order valence-electron chi connectivity index (χ0n) is 9.26. The average Bonchev–Trinajstić information content (AvgIpc) is 2.23. The Kier molecular flexibility index (Phi) is 5.90. The molecule has 0 amide bonds. The fraction of sp³-hybridized carbons (Fsp3) is 0.385. The molecule has 1 atom stereocenters. The number of unbranched alkanes of at least 4 members (excludes halogenated alkanes) is 1. The largest absolute Gasteiger partial charge is 0.313 e. The Balaban J connectivity index is 2.74. The topological polar surface area (TPSA) is 12.0 Å². The summed E-state index contributed by atoms with van der Waals surface area (Å²) in [4.78, 5) is 0. The number of terminal acetylenes is 1. The van der Waals surface area contributed by atoms with E-state index in [1.807, 2.05) is 19.2 Å². The van der Waals surface area contributed by atoms with Gasteiger partial charge in [-0.25, -0.2) is 0 Å². The number of hydrogen-bond donors (Lipinski definition) is 1. The molecule has 0 bridgehead atoms. The smallest absolute Gasteiger partial charge is 0.0420 e. The van der Waals surface area contributed by atoms with Crippen LogP contribution in [0.5, 0.6) is 0 Å². The van der Waals surface area contributed by atoms with Gasteiger partial charge < -0.3 is 5.32 Å². The normalized spacial score (nSPS) is 12.1. The van der Waals surface area contributed by atoms with Crippen LogP contribution in [0, 0.1) is 12.3 Å². The first-order valence-electron chi connectivity index (χ1n) is 5.24. The summed E-state index contributed by atoms with van der Waals surface area (Å²) in [5.41, 5.74) is 1.19. The van der Waals surface area contributed by atoms with Gasteiger partial charge in [-0.05, 0) is 43.7 Å². The van der Waals surface area contributed by atoms with Gasteiger partial charge in [-0.2, -0.15) is 0 Å². The van der Waals surface area contributed by atoms with Crippen LogP contribution in [-0.2, 0) is 0 Å². The molecule has 86 valence electrons. The molecule has 0 fully saturated rings. The highest BCUT2D eigenvalue weighted by atomic mass is 79.9. The highest BCUT2D eigenvalue weighted by Gasteiger charge is 2.09. The van der Waals surface area contributed by atoms with E-state index in [1.54, 1.807) is 0 Å². The molecule has 0 aliphatic rings. The Bertz CT molecular complexity index is 364. The second-order valence-electron chi connectivity index (χ2n) is 3.64. The number of nitrogens with one attached hydrogen (secondary N) is 1. The molecule has 16 heavy (non-hydrogen) atoms. The minimum atomic E-state index is 0.309. The third kappa shape index (κ3) is 4.17. The number of hydrogen-bond acceptors (Lipinski definition) is 1. The Morgan fingerprint density at radius 2 is 2.25 bits per heavy atom. The van der Waals surface area contributed by atoms with Crippen molar-refractivity contribution in [2.45, 2.75) is 25.3 Å². The van der Waals surface area contributed by atoms with Gasteiger partial charge >= 0.3 is 0 Å². The van der Waals surface area contributed by atoms with Crippen molar-refractivity contribution in [2.24, 2.45) is 0 Å². The predicted molar refractivity (Wildman–Crippen MR) is 73.6 cm³/mol. The summed E-state index contributed by atoms with van der Waals surface area (Å²) in [7, 11) is 1.95. The van der Waals surface area contributed by atoms with Crippen molar-refractivity contribution in [1.82, 2.24) is 5.32 Å². The molecule has 0 aliphatic carbocycles. The van der Waals surface area contributed by atoms with Crippen LogP contribution >= 0.6 is 27.5 Å². The minimum Gasteiger partial charge on any atom is -0.313 e. The lowest BCUT2D eigenvalue weighted by Crippen LogP contribution is -2.16. The Hall–Kier alpha value is -0.490. The fourth-order valence-corrected chi connectivity index (χ4v) is 2.55. The van der Waals surface area contributed by atoms with E-state index in [0.29, 0.717) is 6.04 Å². The summed E-state index contributed by atoms with van der Waals surface area (Å²) in [6, 6.07) is 6.27. The summed E-state index contributed by atoms with van der Waals surface area (Å²) < 4.78 is 1.01. The molecule has 0 aromatic heterocycles. The maximum Gasteiger partial charge on any atom is 0.0420 e. The van der Waals surface area contributed by atoms with Gasteiger partial charge in [-0.1, -0.05) is 27.5 Å². The van der Waals surface area contributed by atoms with Crippen molar-refractivity contribution in [3.05, 3.63) is 33.3 Å². The number of rotatable bonds is 5. The summed E-state index contributed by atoms with van der Waals surface area (Å²) in [5.74, 6) is 2.66. The van der Waals surface area contributed by atoms with Crippen LogP contribution in [-0.4, -0.2) is 7.05 Å². The standard InChI is InChI=1S/C13H15BrClN/c1-3-4-5-6-13(16-2)10-7-11(14)9-12(15)8-10/h1,7-9,13,16H,4-6H2,2H3. The van der Waals surface area contributed by atoms with Crippen molar-refractivity contribution >= 4 is 27.5 Å². The maximum atomic E-state index is 6.02. The van der Waals surface area contributed by atoms with Crippen molar-refractivity contribution in [3.8, 4) is 12.3 Å². The van der Waals surface area contributed by atoms with Crippen LogP contribution in [0.2, 0.25) is 5.02 Å². The van der Waals surface area contributed by atoms with Crippen LogP contribution in [0.4, 0.5) is 0 Å². The van der Waals surface area contributed by atoms with Gasteiger partial charge in [-0.15, -0.1) is 12.3 Å². The molecule has 1 unspecified atom stereocenters. The molecule has 1 N–H and O–H groups in total. The van der Waals surface area contributed by atoms with Crippen LogP contribution < -0.4 is 5.32 Å². The second kappa shape index (κ2) is 6.96. The molecule has 1 aromatic rings. The summed E-state index contributed by atoms with van der Waals surface area (Å²) in [5, 5.41) is 4.04. The zero-order chi connectivity index (χ0) is 12.0. The Morgan fingerprint density at radius 1 is 1.50 bits per heavy atom. The second-order valence-corrected chi connectivity index (χ2v) is 4.99. The Morgan fingerprint density at radius 3 is 2.81 bits per heavy atom. The molecule has 1 aromatic carbocycles. The molecule has 0 saturated heterocycles. The zero-order valence-corrected chi connectivity index (χ0v) is 11.6. The number of halogens is 2. The van der Waals surface area contributed by atoms with E-state index < -0.39 is 0 Å². The first-order valence-corrected chi connectivity index (χ1v) is 6.41. The lowest BCUT2D eigenvalue weighted by Gasteiger charge is -2.16. The first-order chi connectivity index (χ1) is 7.67. The van der Waals surface area contributed by atoms with Crippen molar-refractivity contribution in [2.75, 3.05) is 7.05 Å². The molecule has 0 spiro atoms. The van der Waals surface area contributed by atoms with Crippen molar-refractivity contribution < 1.29 is 0 Å². The molecular weight excluding hydrogens is 286 g/mol. The van der Waals surface area contributed by atoms with E-state index in [0.717, 1.165) is 28.8 Å². The van der Waals surface area contributed by atoms with Crippen molar-refractivity contribution in [3.63, 3.8) is 0 Å². The van der Waals surface area contributed by atoms with Gasteiger partial charge in [-0.3, -0.25) is 0 Å². The molecule has 0 heterocycles. The summed E-state index contributed by atoms with van der Waals surface area (Å²) in [6.07, 6.45) is 8.10. The molecule has 1 rings (SSSR count). The third-order valence-corrected chi connectivity index (χ3v) is 3.13. The van der Waals surface area contributed by atoms with E-state index in [-0.39, 0.29) is 0 Å². The average molecular weight is 301 g/mol. The van der Waals surface area contributed by atoms with E-state index >= 15 is 0 Å². The molecule has 0 saturated carbocycles. The molecule has 0 aliphatic heterocycles. The third-order valence-electron chi connectivity index (χ3n) is 2.45. The van der Waals surface area contributed by atoms with Crippen LogP contribution in [0.15, 0.2) is 22.7 Å². The molecule has 0 radical (unpaired) electrons. The van der Waals surface area contributed by atoms with Gasteiger partial charge in [0.15, 0.2) is 0 Å². The van der Waals surface area contributed by atoms with E-state index in [1.165, 1.54) is 5.56 Å². The SMILES string of the molecule is C#CCCCC(NC)c1cc(Cl)cc(Br)c1.